The van der Waals surface area contributed by atoms with E-state index in [1.165, 1.54) is 30.3 Å². The van der Waals surface area contributed by atoms with Gasteiger partial charge in [-0.05, 0) is 49.6 Å². The summed E-state index contributed by atoms with van der Waals surface area (Å²) in [5.74, 6) is -1.36. The van der Waals surface area contributed by atoms with Crippen LogP contribution in [0.5, 0.6) is 11.5 Å². The van der Waals surface area contributed by atoms with Crippen LogP contribution in [0.1, 0.15) is 25.3 Å². The Balaban J connectivity index is 1.56. The van der Waals surface area contributed by atoms with Crippen LogP contribution in [0.3, 0.4) is 0 Å². The number of rotatable bonds is 4. The van der Waals surface area contributed by atoms with Crippen LogP contribution < -0.4 is 10.1 Å². The number of piperidine rings is 1. The van der Waals surface area contributed by atoms with Gasteiger partial charge in [-0.2, -0.15) is 0 Å². The fraction of sp³-hybridized carbons (Fsp3) is 0.350. The molecule has 1 aliphatic heterocycles. The summed E-state index contributed by atoms with van der Waals surface area (Å²) in [7, 11) is 0. The molecule has 2 aromatic rings. The quantitative estimate of drug-likeness (QED) is 0.853. The van der Waals surface area contributed by atoms with E-state index in [2.05, 4.69) is 5.32 Å². The molecule has 27 heavy (non-hydrogen) atoms. The number of likely N-dealkylation sites (tertiary alicyclic amines) is 1. The minimum Gasteiger partial charge on any atom is -0.451 e. The highest BCUT2D eigenvalue weighted by atomic mass is 19.1. The number of ether oxygens (including phenoxy) is 1. The lowest BCUT2D eigenvalue weighted by Gasteiger charge is -2.35. The smallest absolute Gasteiger partial charge is 0.317 e. The molecular formula is C20H22F2N2O3. The van der Waals surface area contributed by atoms with E-state index in [1.807, 2.05) is 0 Å². The highest BCUT2D eigenvalue weighted by molar-refractivity contribution is 5.74. The Morgan fingerprint density at radius 3 is 2.48 bits per heavy atom. The van der Waals surface area contributed by atoms with Crippen molar-refractivity contribution >= 4 is 6.03 Å². The van der Waals surface area contributed by atoms with Gasteiger partial charge in [0.1, 0.15) is 0 Å². The van der Waals surface area contributed by atoms with Crippen LogP contribution in [0.2, 0.25) is 0 Å². The molecule has 1 heterocycles. The number of nitrogens with one attached hydrogen (secondary N) is 1. The molecule has 0 aromatic heterocycles. The van der Waals surface area contributed by atoms with E-state index in [0.29, 0.717) is 31.5 Å². The number of carbonyl (C=O) groups excluding carboxylic acids is 1. The van der Waals surface area contributed by atoms with Gasteiger partial charge in [-0.1, -0.05) is 18.2 Å². The number of urea groups is 1. The summed E-state index contributed by atoms with van der Waals surface area (Å²) in [6.07, 6.45) is 1.05. The molecule has 2 N–H and O–H groups in total. The summed E-state index contributed by atoms with van der Waals surface area (Å²) >= 11 is 0. The molecular weight excluding hydrogens is 354 g/mol. The molecule has 1 aliphatic rings. The van der Waals surface area contributed by atoms with E-state index in [9.17, 15) is 18.7 Å². The van der Waals surface area contributed by atoms with Crippen molar-refractivity contribution in [3.8, 4) is 11.5 Å². The third kappa shape index (κ3) is 4.95. The predicted octanol–water partition coefficient (Wildman–Crippen LogP) is 3.81. The van der Waals surface area contributed by atoms with Gasteiger partial charge in [0.05, 0.1) is 5.60 Å². The van der Waals surface area contributed by atoms with Crippen LogP contribution in [-0.4, -0.2) is 34.7 Å². The Hall–Kier alpha value is -2.67. The fourth-order valence-corrected chi connectivity index (χ4v) is 2.86. The molecule has 3 rings (SSSR count). The first-order valence-electron chi connectivity index (χ1n) is 8.80. The second kappa shape index (κ2) is 7.92. The average Bonchev–Trinajstić information content (AvgIpc) is 2.63. The topological polar surface area (TPSA) is 61.8 Å². The van der Waals surface area contributed by atoms with E-state index in [4.69, 9.17) is 4.74 Å². The molecule has 1 fully saturated rings. The first-order chi connectivity index (χ1) is 12.8. The summed E-state index contributed by atoms with van der Waals surface area (Å²) in [5.41, 5.74) is -0.167. The number of aliphatic hydroxyl groups is 1. The van der Waals surface area contributed by atoms with Crippen LogP contribution in [0.15, 0.2) is 42.5 Å². The second-order valence-corrected chi connectivity index (χ2v) is 6.94. The first-order valence-corrected chi connectivity index (χ1v) is 8.80. The number of para-hydroxylation sites is 1. The minimum atomic E-state index is -0.728. The molecule has 7 heteroatoms. The van der Waals surface area contributed by atoms with Crippen LogP contribution in [0.25, 0.3) is 0 Å². The predicted molar refractivity (Wildman–Crippen MR) is 96.5 cm³/mol. The van der Waals surface area contributed by atoms with Crippen molar-refractivity contribution in [3.05, 3.63) is 59.7 Å². The zero-order valence-electron chi connectivity index (χ0n) is 15.0. The van der Waals surface area contributed by atoms with Gasteiger partial charge in [-0.25, -0.2) is 13.6 Å². The highest BCUT2D eigenvalue weighted by Crippen LogP contribution is 2.27. The van der Waals surface area contributed by atoms with Crippen LogP contribution >= 0.6 is 0 Å². The van der Waals surface area contributed by atoms with Crippen molar-refractivity contribution < 1.29 is 23.4 Å². The molecule has 0 saturated carbocycles. The summed E-state index contributed by atoms with van der Waals surface area (Å²) in [5, 5.41) is 12.7. The van der Waals surface area contributed by atoms with E-state index >= 15 is 0 Å². The van der Waals surface area contributed by atoms with Crippen molar-refractivity contribution in [2.24, 2.45) is 0 Å². The van der Waals surface area contributed by atoms with Crippen LogP contribution in [-0.2, 0) is 6.54 Å². The van der Waals surface area contributed by atoms with Gasteiger partial charge in [0, 0.05) is 19.6 Å². The number of halogens is 2. The lowest BCUT2D eigenvalue weighted by molar-refractivity contribution is 0.00436. The van der Waals surface area contributed by atoms with Gasteiger partial charge in [0.25, 0.3) is 0 Å². The number of hydrogen-bond acceptors (Lipinski definition) is 3. The van der Waals surface area contributed by atoms with Crippen molar-refractivity contribution in [1.29, 1.82) is 0 Å². The van der Waals surface area contributed by atoms with E-state index in [-0.39, 0.29) is 24.1 Å². The Kier molecular flexibility index (Phi) is 5.60. The molecule has 5 nitrogen and oxygen atoms in total. The van der Waals surface area contributed by atoms with Crippen molar-refractivity contribution in [3.63, 3.8) is 0 Å². The molecule has 0 spiro atoms. The summed E-state index contributed by atoms with van der Waals surface area (Å²) in [6, 6.07) is 9.78. The van der Waals surface area contributed by atoms with Gasteiger partial charge in [0.2, 0.25) is 0 Å². The van der Waals surface area contributed by atoms with Gasteiger partial charge < -0.3 is 20.1 Å². The third-order valence-electron chi connectivity index (χ3n) is 4.62. The standard InChI is InChI=1S/C20H22F2N2O3/c1-20(26)8-10-24(11-9-20)19(25)23-13-14-6-7-18(16(22)12-14)27-17-5-3-2-4-15(17)21/h2-7,12,26H,8-11,13H2,1H3,(H,23,25). The molecule has 0 bridgehead atoms. The molecule has 0 atom stereocenters. The zero-order chi connectivity index (χ0) is 19.4. The summed E-state index contributed by atoms with van der Waals surface area (Å²) in [4.78, 5) is 13.8. The fourth-order valence-electron chi connectivity index (χ4n) is 2.86. The van der Waals surface area contributed by atoms with Gasteiger partial charge in [-0.15, -0.1) is 0 Å². The number of nitrogens with zero attached hydrogens (tertiary/aromatic N) is 1. The second-order valence-electron chi connectivity index (χ2n) is 6.94. The maximum absolute atomic E-state index is 14.2. The minimum absolute atomic E-state index is 0.0570. The Morgan fingerprint density at radius 2 is 1.81 bits per heavy atom. The maximum atomic E-state index is 14.2. The number of benzene rings is 2. The largest absolute Gasteiger partial charge is 0.451 e. The lowest BCUT2D eigenvalue weighted by atomic mass is 9.94. The molecule has 0 radical (unpaired) electrons. The van der Waals surface area contributed by atoms with Crippen molar-refractivity contribution in [1.82, 2.24) is 10.2 Å². The van der Waals surface area contributed by atoms with Crippen LogP contribution in [0.4, 0.5) is 13.6 Å². The Bertz CT molecular complexity index is 817. The summed E-state index contributed by atoms with van der Waals surface area (Å²) < 4.78 is 33.1. The van der Waals surface area contributed by atoms with E-state index < -0.39 is 17.2 Å². The number of hydrogen-bond donors (Lipinski definition) is 2. The van der Waals surface area contributed by atoms with Gasteiger partial charge >= 0.3 is 6.03 Å². The van der Waals surface area contributed by atoms with E-state index in [1.54, 1.807) is 24.0 Å². The highest BCUT2D eigenvalue weighted by Gasteiger charge is 2.29. The van der Waals surface area contributed by atoms with Crippen molar-refractivity contribution in [2.45, 2.75) is 31.9 Å². The number of amides is 2. The maximum Gasteiger partial charge on any atom is 0.317 e. The molecule has 144 valence electrons. The summed E-state index contributed by atoms with van der Waals surface area (Å²) in [6.45, 7) is 2.86. The lowest BCUT2D eigenvalue weighted by Crippen LogP contribution is -2.48. The molecule has 2 amide bonds. The molecule has 1 saturated heterocycles. The average molecular weight is 376 g/mol. The third-order valence-corrected chi connectivity index (χ3v) is 4.62. The van der Waals surface area contributed by atoms with Crippen LogP contribution in [0, 0.1) is 11.6 Å². The molecule has 0 aliphatic carbocycles. The molecule has 2 aromatic carbocycles. The molecule has 0 unspecified atom stereocenters. The zero-order valence-corrected chi connectivity index (χ0v) is 15.0. The van der Waals surface area contributed by atoms with Gasteiger partial charge in [-0.3, -0.25) is 0 Å². The SMILES string of the molecule is CC1(O)CCN(C(=O)NCc2ccc(Oc3ccccc3F)c(F)c2)CC1. The first kappa shape index (κ1) is 19.1. The monoisotopic (exact) mass is 376 g/mol. The normalized spacial score (nSPS) is 16.1. The Morgan fingerprint density at radius 1 is 1.15 bits per heavy atom. The number of carbonyl (C=O) groups is 1. The Labute approximate surface area is 156 Å². The van der Waals surface area contributed by atoms with E-state index in [0.717, 1.165) is 0 Å². The van der Waals surface area contributed by atoms with Crippen molar-refractivity contribution in [2.75, 3.05) is 13.1 Å². The van der Waals surface area contributed by atoms with Gasteiger partial charge in [0.15, 0.2) is 23.1 Å².